The van der Waals surface area contributed by atoms with E-state index in [4.69, 9.17) is 42.7 Å². The van der Waals surface area contributed by atoms with E-state index in [1.54, 1.807) is 0 Å². The minimum Gasteiger partial charge on any atom is -0.676 e. The van der Waals surface area contributed by atoms with Crippen molar-refractivity contribution in [2.24, 2.45) is 0 Å². The molecule has 0 aliphatic heterocycles. The van der Waals surface area contributed by atoms with E-state index < -0.39 is 0 Å². The first-order chi connectivity index (χ1) is 9.16. The Morgan fingerprint density at radius 2 is 0.762 bits per heavy atom. The van der Waals surface area contributed by atoms with E-state index in [9.17, 15) is 0 Å². The molecule has 0 aromatic rings. The molecule has 0 aliphatic carbocycles. The summed E-state index contributed by atoms with van der Waals surface area (Å²) < 4.78 is 0. The van der Waals surface area contributed by atoms with E-state index in [-0.39, 0.29) is 96.1 Å². The number of aliphatic hydroxyl groups is 5. The molecule has 0 saturated heterocycles. The molecule has 11 heteroatoms. The first-order valence-corrected chi connectivity index (χ1v) is 5.77. The zero-order valence-electron chi connectivity index (χ0n) is 12.3. The molecule has 0 rings (SSSR count). The van der Waals surface area contributed by atoms with Crippen LogP contribution in [0.25, 0.3) is 22.5 Å². The number of hydrogen-bond acceptors (Lipinski definition) is 5. The van der Waals surface area contributed by atoms with Crippen LogP contribution in [0.3, 0.4) is 0 Å². The fourth-order valence-corrected chi connectivity index (χ4v) is 0.253. The molecule has 0 atom stereocenters. The summed E-state index contributed by atoms with van der Waals surface area (Å²) in [5.74, 6) is 0. The van der Waals surface area contributed by atoms with Gasteiger partial charge in [-0.3, -0.25) is 0 Å². The van der Waals surface area contributed by atoms with E-state index in [1.165, 1.54) is 0 Å². The molecule has 0 bridgehead atoms. The van der Waals surface area contributed by atoms with Crippen LogP contribution in [0, 0.1) is 0 Å². The molecule has 0 heterocycles. The Hall–Kier alpha value is 1.07. The summed E-state index contributed by atoms with van der Waals surface area (Å²) in [5, 5.41) is 43.0. The van der Waals surface area contributed by atoms with Crippen LogP contribution in [0.15, 0.2) is 0 Å². The Morgan fingerprint density at radius 3 is 0.857 bits per heavy atom. The van der Waals surface area contributed by atoms with Gasteiger partial charge in [-0.25, -0.2) is 0 Å². The monoisotopic (exact) mass is 380 g/mol. The number of nitrogens with one attached hydrogen (secondary N) is 3. The van der Waals surface area contributed by atoms with Crippen LogP contribution in [0.2, 0.25) is 0 Å². The van der Waals surface area contributed by atoms with Gasteiger partial charge in [0.1, 0.15) is 0 Å². The predicted octanol–water partition coefficient (Wildman–Crippen LogP) is -0.568. The molecule has 0 aromatic heterocycles. The summed E-state index contributed by atoms with van der Waals surface area (Å²) in [7, 11) is 0. The topological polar surface area (TPSA) is 187 Å². The molecular weight excluding hydrogens is 352 g/mol. The largest absolute Gasteiger partial charge is 4.00 e. The Morgan fingerprint density at radius 1 is 0.571 bits per heavy atom. The van der Waals surface area contributed by atoms with Gasteiger partial charge in [0.2, 0.25) is 0 Å². The Kier molecular flexibility index (Phi) is 105. The standard InChI is InChI=1S/C4H10NO2.3C2H6NO.2Ti/c6-3-1-5-2-4-7;3*3-1-2-4;;/h6-7H,1-4H2;3*3-4H,1-2H2;;/q4*-1;;+4. The molecule has 0 spiro atoms. The Balaban J connectivity index is -0.0000000359. The van der Waals surface area contributed by atoms with Crippen molar-refractivity contribution in [3.05, 3.63) is 22.5 Å². The van der Waals surface area contributed by atoms with Gasteiger partial charge in [0.05, 0.1) is 0 Å². The molecule has 9 nitrogen and oxygen atoms in total. The van der Waals surface area contributed by atoms with Gasteiger partial charge in [0.15, 0.2) is 0 Å². The van der Waals surface area contributed by atoms with Crippen molar-refractivity contribution < 1.29 is 69.0 Å². The molecular formula is C10H28N4O5Ti2. The second-order valence-corrected chi connectivity index (χ2v) is 2.54. The number of hydrogen-bond donors (Lipinski definition) is 5. The molecule has 0 saturated carbocycles. The molecule has 0 amide bonds. The quantitative estimate of drug-likeness (QED) is 0.292. The van der Waals surface area contributed by atoms with Crippen LogP contribution in [0.4, 0.5) is 0 Å². The smallest absolute Gasteiger partial charge is 0.676 e. The van der Waals surface area contributed by atoms with Gasteiger partial charge in [0, 0.05) is 54.8 Å². The predicted molar refractivity (Wildman–Crippen MR) is 76.1 cm³/mol. The fraction of sp³-hybridized carbons (Fsp3) is 1.00. The first kappa shape index (κ1) is 37.9. The minimum absolute atomic E-state index is 0. The van der Waals surface area contributed by atoms with E-state index in [1.807, 2.05) is 0 Å². The fourth-order valence-electron chi connectivity index (χ4n) is 0.253. The van der Waals surface area contributed by atoms with Gasteiger partial charge in [-0.15, -0.1) is 32.7 Å². The van der Waals surface area contributed by atoms with Crippen LogP contribution >= 0.6 is 0 Å². The maximum Gasteiger partial charge on any atom is 4.00 e. The van der Waals surface area contributed by atoms with E-state index in [0.717, 1.165) is 0 Å². The molecule has 126 valence electrons. The van der Waals surface area contributed by atoms with Crippen molar-refractivity contribution in [3.8, 4) is 0 Å². The van der Waals surface area contributed by atoms with Crippen molar-refractivity contribution in [3.63, 3.8) is 0 Å². The summed E-state index contributed by atoms with van der Waals surface area (Å²) in [6.45, 7) is 1.39. The Labute approximate surface area is 157 Å². The number of aliphatic hydroxyl groups excluding tert-OH is 5. The maximum absolute atomic E-state index is 8.12. The molecule has 0 fully saturated rings. The van der Waals surface area contributed by atoms with Crippen molar-refractivity contribution in [1.29, 1.82) is 0 Å². The molecule has 21 heavy (non-hydrogen) atoms. The second-order valence-electron chi connectivity index (χ2n) is 2.54. The third kappa shape index (κ3) is 118. The van der Waals surface area contributed by atoms with Crippen molar-refractivity contribution >= 4 is 0 Å². The van der Waals surface area contributed by atoms with Gasteiger partial charge < -0.3 is 48.1 Å². The van der Waals surface area contributed by atoms with Crippen LogP contribution < -0.4 is 0 Å². The second kappa shape index (κ2) is 58.3. The molecule has 0 unspecified atom stereocenters. The van der Waals surface area contributed by atoms with Crippen LogP contribution in [0.5, 0.6) is 0 Å². The SMILES string of the molecule is OCC[N-]CCO.[NH-]CCO.[NH-]CCO.[NH-]CCO.[Ti+4].[Ti]. The van der Waals surface area contributed by atoms with Gasteiger partial charge in [0.25, 0.3) is 0 Å². The van der Waals surface area contributed by atoms with Crippen molar-refractivity contribution in [2.45, 2.75) is 0 Å². The molecule has 0 aromatic carbocycles. The van der Waals surface area contributed by atoms with Crippen molar-refractivity contribution in [1.82, 2.24) is 0 Å². The zero-order chi connectivity index (χ0) is 15.8. The molecule has 0 radical (unpaired) electrons. The summed E-state index contributed by atoms with van der Waals surface area (Å²) in [5.41, 5.74) is 18.6. The molecule has 0 aliphatic rings. The van der Waals surface area contributed by atoms with Gasteiger partial charge in [-0.1, -0.05) is 0 Å². The average molecular weight is 380 g/mol. The van der Waals surface area contributed by atoms with Gasteiger partial charge in [-0.05, 0) is 0 Å². The average Bonchev–Trinajstić information content (AvgIpc) is 2.48. The van der Waals surface area contributed by atoms with Gasteiger partial charge >= 0.3 is 21.7 Å². The normalized spacial score (nSPS) is 7.43. The minimum atomic E-state index is -0.0139. The third-order valence-corrected chi connectivity index (χ3v) is 0.852. The van der Waals surface area contributed by atoms with Crippen LogP contribution in [-0.4, -0.2) is 91.3 Å². The van der Waals surface area contributed by atoms with Gasteiger partial charge in [-0.2, -0.15) is 0 Å². The Bertz CT molecular complexity index is 94.0. The van der Waals surface area contributed by atoms with E-state index in [0.29, 0.717) is 13.1 Å². The summed E-state index contributed by atoms with van der Waals surface area (Å²) in [6, 6.07) is 0. The van der Waals surface area contributed by atoms with Crippen LogP contribution in [-0.2, 0) is 43.4 Å². The summed E-state index contributed by atoms with van der Waals surface area (Å²) >= 11 is 0. The number of nitrogens with zero attached hydrogens (tertiary/aromatic N) is 1. The first-order valence-electron chi connectivity index (χ1n) is 5.77. The number of rotatable bonds is 7. The van der Waals surface area contributed by atoms with E-state index in [2.05, 4.69) is 5.32 Å². The third-order valence-electron chi connectivity index (χ3n) is 0.852. The summed E-state index contributed by atoms with van der Waals surface area (Å²) in [6.07, 6.45) is 0. The zero-order valence-corrected chi connectivity index (χ0v) is 15.4. The van der Waals surface area contributed by atoms with Crippen molar-refractivity contribution in [2.75, 3.05) is 65.8 Å². The molecule has 8 N–H and O–H groups in total. The van der Waals surface area contributed by atoms with E-state index >= 15 is 0 Å². The maximum atomic E-state index is 8.12. The van der Waals surface area contributed by atoms with Crippen LogP contribution in [0.1, 0.15) is 0 Å². The summed E-state index contributed by atoms with van der Waals surface area (Å²) in [4.78, 5) is 0.